The number of carbonyl (C=O) groups excluding carboxylic acids is 1. The third-order valence-corrected chi connectivity index (χ3v) is 6.52. The number of hydrogen-bond donors (Lipinski definition) is 0. The minimum atomic E-state index is -3.03. The van der Waals surface area contributed by atoms with Gasteiger partial charge < -0.3 is 9.15 Å². The van der Waals surface area contributed by atoms with E-state index in [0.29, 0.717) is 28.0 Å². The highest BCUT2D eigenvalue weighted by atomic mass is 35.5. The third kappa shape index (κ3) is 4.22. The van der Waals surface area contributed by atoms with Crippen LogP contribution in [0.1, 0.15) is 24.0 Å². The van der Waals surface area contributed by atoms with Crippen molar-refractivity contribution in [3.05, 3.63) is 44.8 Å². The molecular weight excluding hydrogens is 368 g/mol. The molecule has 8 heteroatoms. The fourth-order valence-corrected chi connectivity index (χ4v) is 4.98. The van der Waals surface area contributed by atoms with E-state index in [1.165, 1.54) is 6.07 Å². The Morgan fingerprint density at radius 2 is 2.12 bits per heavy atom. The quantitative estimate of drug-likeness (QED) is 0.594. The van der Waals surface area contributed by atoms with E-state index in [-0.39, 0.29) is 30.5 Å². The molecule has 0 aliphatic carbocycles. The van der Waals surface area contributed by atoms with E-state index in [2.05, 4.69) is 0 Å². The van der Waals surface area contributed by atoms with E-state index in [4.69, 9.17) is 20.8 Å². The molecule has 0 bridgehead atoms. The van der Waals surface area contributed by atoms with E-state index in [9.17, 15) is 18.0 Å². The first-order valence-corrected chi connectivity index (χ1v) is 10.0. The van der Waals surface area contributed by atoms with Crippen LogP contribution < -0.4 is 5.63 Å². The zero-order valence-corrected chi connectivity index (χ0v) is 15.2. The summed E-state index contributed by atoms with van der Waals surface area (Å²) in [6, 6.07) is 4.59. The van der Waals surface area contributed by atoms with Gasteiger partial charge in [-0.05, 0) is 37.0 Å². The molecule has 1 fully saturated rings. The van der Waals surface area contributed by atoms with Crippen LogP contribution in [0, 0.1) is 12.8 Å². The van der Waals surface area contributed by atoms with Gasteiger partial charge in [0, 0.05) is 28.5 Å². The molecule has 0 saturated carbocycles. The number of rotatable bonds is 4. The van der Waals surface area contributed by atoms with Crippen LogP contribution in [-0.4, -0.2) is 25.9 Å². The molecule has 0 radical (unpaired) electrons. The monoisotopic (exact) mass is 384 g/mol. The predicted octanol–water partition coefficient (Wildman–Crippen LogP) is 2.62. The van der Waals surface area contributed by atoms with E-state index in [0.717, 1.165) is 5.56 Å². The minimum absolute atomic E-state index is 0.0227. The van der Waals surface area contributed by atoms with Crippen molar-refractivity contribution in [2.45, 2.75) is 26.4 Å². The van der Waals surface area contributed by atoms with Crippen molar-refractivity contribution >= 4 is 38.4 Å². The molecule has 134 valence electrons. The van der Waals surface area contributed by atoms with Crippen molar-refractivity contribution < 1.29 is 22.4 Å². The number of halogens is 1. The fourth-order valence-electron chi connectivity index (χ4n) is 2.95. The van der Waals surface area contributed by atoms with Crippen LogP contribution >= 0.6 is 11.6 Å². The molecule has 0 N–H and O–H groups in total. The summed E-state index contributed by atoms with van der Waals surface area (Å²) in [7, 11) is -3.03. The van der Waals surface area contributed by atoms with Crippen LogP contribution in [0.25, 0.3) is 11.0 Å². The first kappa shape index (κ1) is 17.9. The maximum atomic E-state index is 12.0. The second-order valence-electron chi connectivity index (χ2n) is 6.32. The largest absolute Gasteiger partial charge is 0.461 e. The van der Waals surface area contributed by atoms with Crippen LogP contribution in [0.2, 0.25) is 5.02 Å². The van der Waals surface area contributed by atoms with Crippen LogP contribution in [-0.2, 0) is 26.0 Å². The number of aryl methyl sites for hydroxylation is 1. The molecule has 0 spiro atoms. The number of esters is 1. The van der Waals surface area contributed by atoms with Crippen LogP contribution in [0.15, 0.2) is 27.4 Å². The Morgan fingerprint density at radius 1 is 1.36 bits per heavy atom. The number of fused-ring (bicyclic) bond motifs is 1. The Bertz CT molecular complexity index is 992. The number of sulfone groups is 1. The van der Waals surface area contributed by atoms with E-state index in [1.807, 2.05) is 0 Å². The van der Waals surface area contributed by atoms with Crippen LogP contribution in [0.5, 0.6) is 0 Å². The summed E-state index contributed by atoms with van der Waals surface area (Å²) in [5, 5.41) is 1.12. The predicted molar refractivity (Wildman–Crippen MR) is 93.4 cm³/mol. The Hall–Kier alpha value is -1.86. The van der Waals surface area contributed by atoms with Crippen molar-refractivity contribution in [3.8, 4) is 0 Å². The zero-order chi connectivity index (χ0) is 18.2. The second-order valence-corrected chi connectivity index (χ2v) is 8.96. The highest BCUT2D eigenvalue weighted by molar-refractivity contribution is 7.91. The summed E-state index contributed by atoms with van der Waals surface area (Å²) < 4.78 is 33.3. The van der Waals surface area contributed by atoms with E-state index in [1.54, 1.807) is 19.1 Å². The van der Waals surface area contributed by atoms with E-state index >= 15 is 0 Å². The summed E-state index contributed by atoms with van der Waals surface area (Å²) in [4.78, 5) is 23.7. The maximum absolute atomic E-state index is 12.0. The molecule has 1 saturated heterocycles. The maximum Gasteiger partial charge on any atom is 0.336 e. The lowest BCUT2D eigenvalue weighted by Crippen LogP contribution is -2.13. The molecule has 2 aromatic rings. The average molecular weight is 385 g/mol. The lowest BCUT2D eigenvalue weighted by Gasteiger charge is -2.10. The number of carbonyl (C=O) groups is 1. The fraction of sp³-hybridized carbons (Fsp3) is 0.412. The topological polar surface area (TPSA) is 90.7 Å². The van der Waals surface area contributed by atoms with Crippen molar-refractivity contribution in [2.24, 2.45) is 5.92 Å². The van der Waals surface area contributed by atoms with Gasteiger partial charge in [0.2, 0.25) is 0 Å². The minimum Gasteiger partial charge on any atom is -0.461 e. The Morgan fingerprint density at radius 3 is 2.80 bits per heavy atom. The van der Waals surface area contributed by atoms with E-state index < -0.39 is 21.4 Å². The Labute approximate surface area is 149 Å². The molecule has 1 atom stereocenters. The second kappa shape index (κ2) is 6.80. The summed E-state index contributed by atoms with van der Waals surface area (Å²) in [5.41, 5.74) is 1.11. The molecule has 25 heavy (non-hydrogen) atoms. The summed E-state index contributed by atoms with van der Waals surface area (Å²) in [6.07, 6.45) is 0.530. The van der Waals surface area contributed by atoms with Crippen LogP contribution in [0.3, 0.4) is 0 Å². The van der Waals surface area contributed by atoms with Gasteiger partial charge in [0.1, 0.15) is 12.2 Å². The normalized spacial score (nSPS) is 19.2. The van der Waals surface area contributed by atoms with Gasteiger partial charge in [-0.25, -0.2) is 13.2 Å². The van der Waals surface area contributed by atoms with Gasteiger partial charge in [-0.15, -0.1) is 0 Å². The molecule has 1 aliphatic rings. The standard InChI is InChI=1S/C17H17ClO6S/c1-10-4-15-13(7-14(10)18)12(6-17(20)24-15)8-23-16(19)5-11-2-3-25(21,22)9-11/h4,6-7,11H,2-3,5,8-9H2,1H3/t11-/m0/s1. The first-order chi connectivity index (χ1) is 11.7. The highest BCUT2D eigenvalue weighted by Crippen LogP contribution is 2.26. The number of hydrogen-bond acceptors (Lipinski definition) is 6. The molecule has 1 aromatic heterocycles. The lowest BCUT2D eigenvalue weighted by atomic mass is 10.1. The Kier molecular flexibility index (Phi) is 4.88. The highest BCUT2D eigenvalue weighted by Gasteiger charge is 2.29. The summed E-state index contributed by atoms with van der Waals surface area (Å²) in [5.74, 6) is -0.545. The molecule has 3 rings (SSSR count). The van der Waals surface area contributed by atoms with Gasteiger partial charge in [0.15, 0.2) is 9.84 Å². The molecule has 1 aromatic carbocycles. The average Bonchev–Trinajstić information content (AvgIpc) is 2.85. The van der Waals surface area contributed by atoms with Gasteiger partial charge in [-0.3, -0.25) is 4.79 Å². The lowest BCUT2D eigenvalue weighted by molar-refractivity contribution is -0.145. The molecule has 2 heterocycles. The van der Waals surface area contributed by atoms with Gasteiger partial charge in [0.05, 0.1) is 11.5 Å². The smallest absolute Gasteiger partial charge is 0.336 e. The van der Waals surface area contributed by atoms with Gasteiger partial charge in [0.25, 0.3) is 0 Å². The molecule has 1 aliphatic heterocycles. The Balaban J connectivity index is 1.73. The SMILES string of the molecule is Cc1cc2oc(=O)cc(COC(=O)C[C@@H]3CCS(=O)(=O)C3)c2cc1Cl. The van der Waals surface area contributed by atoms with Gasteiger partial charge in [-0.2, -0.15) is 0 Å². The van der Waals surface area contributed by atoms with Gasteiger partial charge in [-0.1, -0.05) is 11.6 Å². The number of ether oxygens (including phenoxy) is 1. The van der Waals surface area contributed by atoms with Crippen molar-refractivity contribution in [1.82, 2.24) is 0 Å². The van der Waals surface area contributed by atoms with Crippen LogP contribution in [0.4, 0.5) is 0 Å². The van der Waals surface area contributed by atoms with Crippen molar-refractivity contribution in [3.63, 3.8) is 0 Å². The molecule has 0 unspecified atom stereocenters. The van der Waals surface area contributed by atoms with Gasteiger partial charge >= 0.3 is 11.6 Å². The molecule has 0 amide bonds. The first-order valence-electron chi connectivity index (χ1n) is 7.82. The third-order valence-electron chi connectivity index (χ3n) is 4.28. The summed E-state index contributed by atoms with van der Waals surface area (Å²) >= 11 is 6.12. The van der Waals surface area contributed by atoms with Crippen molar-refractivity contribution in [1.29, 1.82) is 0 Å². The summed E-state index contributed by atoms with van der Waals surface area (Å²) in [6.45, 7) is 1.70. The number of benzene rings is 1. The zero-order valence-electron chi connectivity index (χ0n) is 13.6. The molecular formula is C17H17ClO6S. The van der Waals surface area contributed by atoms with Crippen molar-refractivity contribution in [2.75, 3.05) is 11.5 Å². The molecule has 6 nitrogen and oxygen atoms in total.